The average Bonchev–Trinajstić information content (AvgIpc) is 2.58. The van der Waals surface area contributed by atoms with Gasteiger partial charge in [0.1, 0.15) is 21.8 Å². The predicted octanol–water partition coefficient (Wildman–Crippen LogP) is 1.30. The van der Waals surface area contributed by atoms with E-state index in [0.29, 0.717) is 5.56 Å². The highest BCUT2D eigenvalue weighted by Crippen LogP contribution is 2.15. The van der Waals surface area contributed by atoms with Crippen molar-refractivity contribution in [1.29, 1.82) is 0 Å². The first-order chi connectivity index (χ1) is 12.6. The van der Waals surface area contributed by atoms with Gasteiger partial charge in [-0.1, -0.05) is 17.7 Å². The zero-order valence-corrected chi connectivity index (χ0v) is 17.6. The standard InChI is InChI=1S/C12H8F2I.C8H10O3S/c13-9-1-5-11(6-2-9)15-12-7-3-10(14)4-8-12;1-6-3-4-8(7(2)5-6)12(9,10)11/h1-8H;3-5H,1-2H3,(H,9,10,11)/q+1;/p-1. The predicted molar refractivity (Wildman–Crippen MR) is 94.1 cm³/mol. The van der Waals surface area contributed by atoms with Crippen molar-refractivity contribution < 1.29 is 43.0 Å². The van der Waals surface area contributed by atoms with Crippen molar-refractivity contribution in [1.82, 2.24) is 0 Å². The third-order valence-corrected chi connectivity index (χ3v) is 7.11. The van der Waals surface area contributed by atoms with Crippen molar-refractivity contribution in [2.45, 2.75) is 18.7 Å². The first-order valence-electron chi connectivity index (χ1n) is 7.84. The highest BCUT2D eigenvalue weighted by atomic mass is 127. The van der Waals surface area contributed by atoms with Crippen molar-refractivity contribution in [2.24, 2.45) is 0 Å². The molecule has 0 unspecified atom stereocenters. The van der Waals surface area contributed by atoms with E-state index in [2.05, 4.69) is 0 Å². The van der Waals surface area contributed by atoms with Crippen LogP contribution in [-0.4, -0.2) is 13.0 Å². The molecule has 0 aromatic heterocycles. The van der Waals surface area contributed by atoms with Gasteiger partial charge in [-0.3, -0.25) is 0 Å². The van der Waals surface area contributed by atoms with E-state index in [-0.39, 0.29) is 37.7 Å². The van der Waals surface area contributed by atoms with Crippen LogP contribution in [0.4, 0.5) is 8.78 Å². The number of hydrogen-bond acceptors (Lipinski definition) is 3. The van der Waals surface area contributed by atoms with Gasteiger partial charge in [-0.05, 0) is 74.0 Å². The molecule has 3 rings (SSSR count). The van der Waals surface area contributed by atoms with Crippen molar-refractivity contribution in [2.75, 3.05) is 0 Å². The molecule has 0 aliphatic carbocycles. The molecule has 0 saturated carbocycles. The topological polar surface area (TPSA) is 57.2 Å². The van der Waals surface area contributed by atoms with Crippen molar-refractivity contribution in [3.63, 3.8) is 0 Å². The second-order valence-electron chi connectivity index (χ2n) is 5.69. The molecule has 0 spiro atoms. The molecular weight excluding hydrogens is 485 g/mol. The van der Waals surface area contributed by atoms with Crippen LogP contribution >= 0.6 is 0 Å². The van der Waals surface area contributed by atoms with Crippen LogP contribution in [0.3, 0.4) is 0 Å². The molecule has 3 nitrogen and oxygen atoms in total. The summed E-state index contributed by atoms with van der Waals surface area (Å²) in [4.78, 5) is -0.131. The summed E-state index contributed by atoms with van der Waals surface area (Å²) in [5.41, 5.74) is 1.45. The SMILES string of the molecule is Cc1ccc(S(=O)(=O)[O-])c(C)c1.Fc1ccc([I+]c2ccc(F)cc2)cc1. The molecule has 3 aromatic carbocycles. The number of halogens is 3. The molecule has 0 N–H and O–H groups in total. The van der Waals surface area contributed by atoms with Crippen LogP contribution in [0.5, 0.6) is 0 Å². The lowest BCUT2D eigenvalue weighted by Gasteiger charge is -2.10. The van der Waals surface area contributed by atoms with E-state index in [0.717, 1.165) is 12.7 Å². The molecule has 7 heteroatoms. The van der Waals surface area contributed by atoms with E-state index >= 15 is 0 Å². The van der Waals surface area contributed by atoms with Crippen LogP contribution in [0.1, 0.15) is 11.1 Å². The van der Waals surface area contributed by atoms with E-state index < -0.39 is 10.1 Å². The molecule has 0 heterocycles. The molecular formula is C20H17F2IO3S. The molecule has 142 valence electrons. The normalized spacial score (nSPS) is 10.9. The van der Waals surface area contributed by atoms with Gasteiger partial charge in [0.2, 0.25) is 0 Å². The van der Waals surface area contributed by atoms with Crippen LogP contribution in [-0.2, 0) is 10.1 Å². The number of benzene rings is 3. The van der Waals surface area contributed by atoms with E-state index in [1.807, 2.05) is 6.92 Å². The smallest absolute Gasteiger partial charge is 0.357 e. The van der Waals surface area contributed by atoms with Crippen LogP contribution in [0.2, 0.25) is 0 Å². The van der Waals surface area contributed by atoms with Crippen molar-refractivity contribution in [3.8, 4) is 0 Å². The monoisotopic (exact) mass is 502 g/mol. The Morgan fingerprint density at radius 3 is 1.59 bits per heavy atom. The van der Waals surface area contributed by atoms with Crippen LogP contribution in [0.25, 0.3) is 0 Å². The summed E-state index contributed by atoms with van der Waals surface area (Å²) in [6.45, 7) is 3.45. The number of hydrogen-bond donors (Lipinski definition) is 0. The fraction of sp³-hybridized carbons (Fsp3) is 0.100. The van der Waals surface area contributed by atoms with Gasteiger partial charge >= 0.3 is 21.2 Å². The maximum Gasteiger partial charge on any atom is 0.357 e. The lowest BCUT2D eigenvalue weighted by atomic mass is 10.2. The summed E-state index contributed by atoms with van der Waals surface area (Å²) in [5, 5.41) is 0. The third kappa shape index (κ3) is 7.00. The minimum Gasteiger partial charge on any atom is -0.744 e. The fourth-order valence-corrected chi connectivity index (χ4v) is 5.04. The van der Waals surface area contributed by atoms with Gasteiger partial charge in [-0.2, -0.15) is 0 Å². The van der Waals surface area contributed by atoms with Gasteiger partial charge in [0, 0.05) is 0 Å². The molecule has 0 aliphatic heterocycles. The summed E-state index contributed by atoms with van der Waals surface area (Å²) >= 11 is -0.330. The van der Waals surface area contributed by atoms with Crippen LogP contribution in [0, 0.1) is 32.6 Å². The Hall–Kier alpha value is -1.84. The maximum atomic E-state index is 12.6. The quantitative estimate of drug-likeness (QED) is 0.401. The molecule has 27 heavy (non-hydrogen) atoms. The Kier molecular flexibility index (Phi) is 7.46. The minimum absolute atomic E-state index is 0.131. The summed E-state index contributed by atoms with van der Waals surface area (Å²) in [6, 6.07) is 17.6. The molecule has 0 amide bonds. The Balaban J connectivity index is 0.000000199. The molecule has 0 saturated heterocycles. The largest absolute Gasteiger partial charge is 0.744 e. The zero-order valence-electron chi connectivity index (χ0n) is 14.6. The summed E-state index contributed by atoms with van der Waals surface area (Å²) in [5.74, 6) is -0.441. The summed E-state index contributed by atoms with van der Waals surface area (Å²) < 4.78 is 59.4. The maximum absolute atomic E-state index is 12.6. The minimum atomic E-state index is -4.30. The Labute approximate surface area is 168 Å². The van der Waals surface area contributed by atoms with Gasteiger partial charge < -0.3 is 4.55 Å². The van der Waals surface area contributed by atoms with Gasteiger partial charge in [0.25, 0.3) is 0 Å². The zero-order chi connectivity index (χ0) is 20.0. The molecule has 0 atom stereocenters. The molecule has 3 aromatic rings. The third-order valence-electron chi connectivity index (χ3n) is 3.43. The van der Waals surface area contributed by atoms with E-state index in [1.165, 1.54) is 30.3 Å². The average molecular weight is 502 g/mol. The Morgan fingerprint density at radius 1 is 0.778 bits per heavy atom. The number of aryl methyl sites for hydroxylation is 2. The summed E-state index contributed by atoms with van der Waals surface area (Å²) in [6.07, 6.45) is 0. The lowest BCUT2D eigenvalue weighted by molar-refractivity contribution is -0.597. The van der Waals surface area contributed by atoms with Crippen LogP contribution in [0.15, 0.2) is 71.6 Å². The van der Waals surface area contributed by atoms with Crippen LogP contribution < -0.4 is 21.2 Å². The van der Waals surface area contributed by atoms with Crippen molar-refractivity contribution in [3.05, 3.63) is 96.6 Å². The number of rotatable bonds is 3. The first-order valence-corrected chi connectivity index (χ1v) is 11.4. The highest BCUT2D eigenvalue weighted by molar-refractivity contribution is 7.85. The molecule has 0 radical (unpaired) electrons. The molecule has 0 aliphatic rings. The van der Waals surface area contributed by atoms with Crippen molar-refractivity contribution >= 4 is 10.1 Å². The highest BCUT2D eigenvalue weighted by Gasteiger charge is 2.14. The Morgan fingerprint density at radius 2 is 1.22 bits per heavy atom. The molecule has 0 bridgehead atoms. The Bertz CT molecular complexity index is 959. The first kappa shape index (κ1) is 21.5. The summed E-state index contributed by atoms with van der Waals surface area (Å²) in [7, 11) is -4.30. The van der Waals surface area contributed by atoms with E-state index in [4.69, 9.17) is 0 Å². The fourth-order valence-electron chi connectivity index (χ4n) is 2.19. The van der Waals surface area contributed by atoms with Gasteiger partial charge in [-0.15, -0.1) is 0 Å². The van der Waals surface area contributed by atoms with E-state index in [1.54, 1.807) is 43.3 Å². The van der Waals surface area contributed by atoms with Gasteiger partial charge in [0.05, 0.1) is 4.90 Å². The lowest BCUT2D eigenvalue weighted by Crippen LogP contribution is -3.61. The van der Waals surface area contributed by atoms with Gasteiger partial charge in [0.15, 0.2) is 7.14 Å². The van der Waals surface area contributed by atoms with E-state index in [9.17, 15) is 21.8 Å². The second-order valence-corrected chi connectivity index (χ2v) is 10.1. The molecule has 0 fully saturated rings. The van der Waals surface area contributed by atoms with Gasteiger partial charge in [-0.25, -0.2) is 17.2 Å². The second kappa shape index (κ2) is 9.38.